The third kappa shape index (κ3) is 5.05. The Kier molecular flexibility index (Phi) is 6.51. The number of non-ortho nitro benzene ring substituents is 1. The molecule has 9 heteroatoms. The Hall–Kier alpha value is -3.62. The molecule has 0 saturated heterocycles. The third-order valence-electron chi connectivity index (χ3n) is 4.58. The average molecular weight is 413 g/mol. The van der Waals surface area contributed by atoms with E-state index in [4.69, 9.17) is 9.47 Å². The fourth-order valence-corrected chi connectivity index (χ4v) is 3.19. The van der Waals surface area contributed by atoms with Crippen molar-refractivity contribution < 1.29 is 24.0 Å². The van der Waals surface area contributed by atoms with Gasteiger partial charge in [0, 0.05) is 41.8 Å². The Morgan fingerprint density at radius 1 is 1.27 bits per heavy atom. The number of rotatable bonds is 8. The maximum atomic E-state index is 12.2. The molecule has 1 aliphatic heterocycles. The predicted molar refractivity (Wildman–Crippen MR) is 109 cm³/mol. The van der Waals surface area contributed by atoms with Gasteiger partial charge in [0.25, 0.3) is 11.6 Å². The van der Waals surface area contributed by atoms with Gasteiger partial charge < -0.3 is 20.1 Å². The number of benzene rings is 2. The van der Waals surface area contributed by atoms with E-state index < -0.39 is 16.7 Å². The van der Waals surface area contributed by atoms with E-state index in [2.05, 4.69) is 10.6 Å². The normalized spacial score (nSPS) is 14.4. The molecule has 3 rings (SSSR count). The van der Waals surface area contributed by atoms with Gasteiger partial charge in [0.15, 0.2) is 0 Å². The SMILES string of the molecule is CCOc1cc2c(cc1CNC(=O)CNC(=O)c1cccc([N+](=O)[O-])c1)OC(C)C2. The summed E-state index contributed by atoms with van der Waals surface area (Å²) >= 11 is 0. The first kappa shape index (κ1) is 21.1. The number of ether oxygens (including phenoxy) is 2. The summed E-state index contributed by atoms with van der Waals surface area (Å²) in [7, 11) is 0. The maximum absolute atomic E-state index is 12.2. The van der Waals surface area contributed by atoms with Crippen LogP contribution >= 0.6 is 0 Å². The van der Waals surface area contributed by atoms with Crippen LogP contribution in [0.5, 0.6) is 11.5 Å². The molecule has 2 aromatic carbocycles. The number of amides is 2. The number of nitrogens with zero attached hydrogens (tertiary/aromatic N) is 1. The van der Waals surface area contributed by atoms with Crippen molar-refractivity contribution in [2.75, 3.05) is 13.2 Å². The fraction of sp³-hybridized carbons (Fsp3) is 0.333. The maximum Gasteiger partial charge on any atom is 0.270 e. The van der Waals surface area contributed by atoms with Crippen LogP contribution in [-0.4, -0.2) is 36.0 Å². The van der Waals surface area contributed by atoms with Crippen LogP contribution in [0, 0.1) is 10.1 Å². The van der Waals surface area contributed by atoms with Crippen molar-refractivity contribution in [3.63, 3.8) is 0 Å². The van der Waals surface area contributed by atoms with E-state index in [0.29, 0.717) is 12.4 Å². The van der Waals surface area contributed by atoms with Crippen LogP contribution in [0.15, 0.2) is 36.4 Å². The summed E-state index contributed by atoms with van der Waals surface area (Å²) in [6.45, 7) is 4.33. The molecule has 2 aromatic rings. The molecule has 1 atom stereocenters. The van der Waals surface area contributed by atoms with E-state index in [1.54, 1.807) is 0 Å². The molecule has 0 radical (unpaired) electrons. The lowest BCUT2D eigenvalue weighted by molar-refractivity contribution is -0.384. The zero-order chi connectivity index (χ0) is 21.7. The van der Waals surface area contributed by atoms with Crippen LogP contribution < -0.4 is 20.1 Å². The minimum Gasteiger partial charge on any atom is -0.494 e. The predicted octanol–water partition coefficient (Wildman–Crippen LogP) is 2.36. The number of hydrogen-bond acceptors (Lipinski definition) is 6. The van der Waals surface area contributed by atoms with Crippen LogP contribution in [0.3, 0.4) is 0 Å². The van der Waals surface area contributed by atoms with E-state index in [0.717, 1.165) is 29.4 Å². The summed E-state index contributed by atoms with van der Waals surface area (Å²) in [6, 6.07) is 9.12. The van der Waals surface area contributed by atoms with Gasteiger partial charge in [-0.05, 0) is 32.0 Å². The molecule has 0 spiro atoms. The van der Waals surface area contributed by atoms with E-state index >= 15 is 0 Å². The van der Waals surface area contributed by atoms with E-state index in [9.17, 15) is 19.7 Å². The van der Waals surface area contributed by atoms with Gasteiger partial charge in [0.1, 0.15) is 17.6 Å². The number of carbonyl (C=O) groups is 2. The van der Waals surface area contributed by atoms with Crippen molar-refractivity contribution in [2.24, 2.45) is 0 Å². The van der Waals surface area contributed by atoms with Crippen molar-refractivity contribution >= 4 is 17.5 Å². The second-order valence-electron chi connectivity index (χ2n) is 6.90. The van der Waals surface area contributed by atoms with E-state index in [1.807, 2.05) is 26.0 Å². The highest BCUT2D eigenvalue weighted by Crippen LogP contribution is 2.35. The second-order valence-corrected chi connectivity index (χ2v) is 6.90. The molecule has 0 aliphatic carbocycles. The van der Waals surface area contributed by atoms with Gasteiger partial charge in [-0.1, -0.05) is 6.07 Å². The molecular formula is C21H23N3O6. The Morgan fingerprint density at radius 2 is 2.07 bits per heavy atom. The van der Waals surface area contributed by atoms with Gasteiger partial charge in [-0.2, -0.15) is 0 Å². The summed E-state index contributed by atoms with van der Waals surface area (Å²) in [6.07, 6.45) is 0.912. The molecule has 0 saturated carbocycles. The number of hydrogen-bond donors (Lipinski definition) is 2. The quantitative estimate of drug-likeness (QED) is 0.506. The van der Waals surface area contributed by atoms with Gasteiger partial charge in [-0.3, -0.25) is 19.7 Å². The van der Waals surface area contributed by atoms with Crippen molar-refractivity contribution in [1.82, 2.24) is 10.6 Å². The summed E-state index contributed by atoms with van der Waals surface area (Å²) in [4.78, 5) is 34.6. The standard InChI is InChI=1S/C21H23N3O6/c1-3-29-18-9-15-7-13(2)30-19(15)10-16(18)11-22-20(25)12-23-21(26)14-5-4-6-17(8-14)24(27)28/h4-6,8-10,13H,3,7,11-12H2,1-2H3,(H,22,25)(H,23,26). The highest BCUT2D eigenvalue weighted by atomic mass is 16.6. The minimum absolute atomic E-state index is 0.100. The monoisotopic (exact) mass is 413 g/mol. The molecule has 0 aromatic heterocycles. The van der Waals surface area contributed by atoms with E-state index in [1.165, 1.54) is 18.2 Å². The first-order valence-corrected chi connectivity index (χ1v) is 9.62. The molecule has 0 bridgehead atoms. The Balaban J connectivity index is 1.57. The molecule has 2 amide bonds. The largest absolute Gasteiger partial charge is 0.494 e. The molecule has 1 aliphatic rings. The fourth-order valence-electron chi connectivity index (χ4n) is 3.19. The number of fused-ring (bicyclic) bond motifs is 1. The smallest absolute Gasteiger partial charge is 0.270 e. The van der Waals surface area contributed by atoms with Crippen LogP contribution in [0.25, 0.3) is 0 Å². The topological polar surface area (TPSA) is 120 Å². The number of carbonyl (C=O) groups excluding carboxylic acids is 2. The number of nitro groups is 1. The average Bonchev–Trinajstić information content (AvgIpc) is 3.09. The lowest BCUT2D eigenvalue weighted by atomic mass is 10.1. The highest BCUT2D eigenvalue weighted by molar-refractivity contribution is 5.96. The van der Waals surface area contributed by atoms with Crippen LogP contribution in [-0.2, 0) is 17.8 Å². The molecule has 30 heavy (non-hydrogen) atoms. The van der Waals surface area contributed by atoms with Crippen molar-refractivity contribution in [2.45, 2.75) is 32.9 Å². The van der Waals surface area contributed by atoms with E-state index in [-0.39, 0.29) is 30.4 Å². The van der Waals surface area contributed by atoms with Gasteiger partial charge >= 0.3 is 0 Å². The van der Waals surface area contributed by atoms with Crippen LogP contribution in [0.4, 0.5) is 5.69 Å². The Labute approximate surface area is 173 Å². The van der Waals surface area contributed by atoms with Crippen LogP contribution in [0.1, 0.15) is 35.3 Å². The molecular weight excluding hydrogens is 390 g/mol. The summed E-state index contributed by atoms with van der Waals surface area (Å²) in [5.41, 5.74) is 1.78. The first-order chi connectivity index (χ1) is 14.4. The van der Waals surface area contributed by atoms with Crippen molar-refractivity contribution in [1.29, 1.82) is 0 Å². The van der Waals surface area contributed by atoms with Crippen molar-refractivity contribution in [3.8, 4) is 11.5 Å². The van der Waals surface area contributed by atoms with Gasteiger partial charge in [0.05, 0.1) is 18.1 Å². The molecule has 1 unspecified atom stereocenters. The van der Waals surface area contributed by atoms with Gasteiger partial charge in [-0.25, -0.2) is 0 Å². The minimum atomic E-state index is -0.583. The zero-order valence-corrected chi connectivity index (χ0v) is 16.8. The van der Waals surface area contributed by atoms with Gasteiger partial charge in [0.2, 0.25) is 5.91 Å². The molecule has 0 fully saturated rings. The Bertz CT molecular complexity index is 975. The Morgan fingerprint density at radius 3 is 2.80 bits per heavy atom. The lowest BCUT2D eigenvalue weighted by Gasteiger charge is -2.13. The lowest BCUT2D eigenvalue weighted by Crippen LogP contribution is -2.36. The molecule has 2 N–H and O–H groups in total. The molecule has 9 nitrogen and oxygen atoms in total. The number of nitrogens with one attached hydrogen (secondary N) is 2. The summed E-state index contributed by atoms with van der Waals surface area (Å²) < 4.78 is 11.5. The van der Waals surface area contributed by atoms with Gasteiger partial charge in [-0.15, -0.1) is 0 Å². The first-order valence-electron chi connectivity index (χ1n) is 9.62. The van der Waals surface area contributed by atoms with Crippen LogP contribution in [0.2, 0.25) is 0 Å². The zero-order valence-electron chi connectivity index (χ0n) is 16.8. The second kappa shape index (κ2) is 9.25. The molecule has 158 valence electrons. The summed E-state index contributed by atoms with van der Waals surface area (Å²) in [5.74, 6) is 0.513. The summed E-state index contributed by atoms with van der Waals surface area (Å²) in [5, 5.41) is 16.0. The number of nitro benzene ring substituents is 1. The van der Waals surface area contributed by atoms with Crippen molar-refractivity contribution in [3.05, 3.63) is 63.2 Å². The third-order valence-corrected chi connectivity index (χ3v) is 4.58. The molecule has 1 heterocycles. The highest BCUT2D eigenvalue weighted by Gasteiger charge is 2.22.